The van der Waals surface area contributed by atoms with Crippen molar-refractivity contribution >= 4 is 28.5 Å². The maximum atomic E-state index is 12.5. The monoisotopic (exact) mass is 384 g/mol. The minimum Gasteiger partial charge on any atom is -0.366 e. The zero-order chi connectivity index (χ0) is 20.2. The Labute approximate surface area is 168 Å². The predicted octanol–water partition coefficient (Wildman–Crippen LogP) is 3.70. The Balaban J connectivity index is 1.58. The molecule has 0 radical (unpaired) electrons. The molecule has 2 amide bonds. The van der Waals surface area contributed by atoms with Crippen LogP contribution in [0, 0.1) is 0 Å². The van der Waals surface area contributed by atoms with E-state index >= 15 is 0 Å². The van der Waals surface area contributed by atoms with Crippen LogP contribution >= 0.6 is 0 Å². The van der Waals surface area contributed by atoms with E-state index in [1.54, 1.807) is 24.3 Å². The fourth-order valence-electron chi connectivity index (χ4n) is 3.35. The van der Waals surface area contributed by atoms with Gasteiger partial charge in [0.05, 0.1) is 22.3 Å². The van der Waals surface area contributed by atoms with Gasteiger partial charge in [-0.2, -0.15) is 0 Å². The highest BCUT2D eigenvalue weighted by Gasteiger charge is 2.15. The zero-order valence-corrected chi connectivity index (χ0v) is 15.7. The summed E-state index contributed by atoms with van der Waals surface area (Å²) >= 11 is 0. The maximum absolute atomic E-state index is 12.5. The smallest absolute Gasteiger partial charge is 0.250 e. The molecule has 0 fully saturated rings. The predicted molar refractivity (Wildman–Crippen MR) is 113 cm³/mol. The number of carbonyl (C=O) groups is 2. The van der Waals surface area contributed by atoms with Crippen LogP contribution in [0.5, 0.6) is 0 Å². The lowest BCUT2D eigenvalue weighted by Gasteiger charge is -2.11. The number of para-hydroxylation sites is 4. The van der Waals surface area contributed by atoms with Crippen LogP contribution in [0.15, 0.2) is 78.9 Å². The number of nitrogens with one attached hydrogen (secondary N) is 1. The highest BCUT2D eigenvalue weighted by Crippen LogP contribution is 2.22. The number of anilines is 1. The fraction of sp³-hybridized carbons (Fsp3) is 0.0870. The Morgan fingerprint density at radius 1 is 0.897 bits per heavy atom. The summed E-state index contributed by atoms with van der Waals surface area (Å²) in [7, 11) is 0. The highest BCUT2D eigenvalue weighted by atomic mass is 16.2. The van der Waals surface area contributed by atoms with Crippen LogP contribution in [-0.4, -0.2) is 21.4 Å². The standard InChI is InChI=1S/C23H20N4O2/c24-23(29)17-10-4-5-11-18(17)26-22(28)15-14-21-25-19-12-6-7-13-20(19)27(21)16-8-2-1-3-9-16/h1-13H,14-15H2,(H2,24,29)(H,26,28). The van der Waals surface area contributed by atoms with Gasteiger partial charge in [-0.15, -0.1) is 0 Å². The van der Waals surface area contributed by atoms with Gasteiger partial charge in [0.1, 0.15) is 5.82 Å². The molecule has 144 valence electrons. The number of nitrogens with two attached hydrogens (primary N) is 1. The largest absolute Gasteiger partial charge is 0.366 e. The van der Waals surface area contributed by atoms with Crippen molar-refractivity contribution in [3.63, 3.8) is 0 Å². The quantitative estimate of drug-likeness (QED) is 0.531. The summed E-state index contributed by atoms with van der Waals surface area (Å²) in [6, 6.07) is 24.5. The molecule has 0 saturated heterocycles. The Morgan fingerprint density at radius 2 is 1.59 bits per heavy atom. The molecule has 3 N–H and O–H groups in total. The average Bonchev–Trinajstić information content (AvgIpc) is 3.11. The van der Waals surface area contributed by atoms with Crippen molar-refractivity contribution in [2.24, 2.45) is 5.73 Å². The third kappa shape index (κ3) is 3.87. The van der Waals surface area contributed by atoms with Crippen LogP contribution < -0.4 is 11.1 Å². The van der Waals surface area contributed by atoms with E-state index in [1.165, 1.54) is 0 Å². The summed E-state index contributed by atoms with van der Waals surface area (Å²) in [5.41, 5.74) is 8.96. The number of primary amides is 1. The molecule has 0 spiro atoms. The number of amides is 2. The molecule has 0 bridgehead atoms. The van der Waals surface area contributed by atoms with Gasteiger partial charge < -0.3 is 11.1 Å². The van der Waals surface area contributed by atoms with E-state index in [2.05, 4.69) is 9.88 Å². The van der Waals surface area contributed by atoms with Crippen LogP contribution in [0.25, 0.3) is 16.7 Å². The van der Waals surface area contributed by atoms with Gasteiger partial charge in [-0.3, -0.25) is 14.2 Å². The number of carbonyl (C=O) groups excluding carboxylic acids is 2. The summed E-state index contributed by atoms with van der Waals surface area (Å²) in [5, 5.41) is 2.78. The van der Waals surface area contributed by atoms with Crippen molar-refractivity contribution in [3.05, 3.63) is 90.3 Å². The topological polar surface area (TPSA) is 90.0 Å². The number of hydrogen-bond donors (Lipinski definition) is 2. The molecule has 0 aliphatic carbocycles. The van der Waals surface area contributed by atoms with Gasteiger partial charge in [0.2, 0.25) is 5.91 Å². The molecule has 0 saturated carbocycles. The molecule has 4 aromatic rings. The number of nitrogens with zero attached hydrogens (tertiary/aromatic N) is 2. The summed E-state index contributed by atoms with van der Waals surface area (Å²) in [4.78, 5) is 28.8. The van der Waals surface area contributed by atoms with Gasteiger partial charge >= 0.3 is 0 Å². The summed E-state index contributed by atoms with van der Waals surface area (Å²) < 4.78 is 2.07. The first-order chi connectivity index (χ1) is 14.1. The van der Waals surface area contributed by atoms with Crippen molar-refractivity contribution < 1.29 is 9.59 Å². The normalized spacial score (nSPS) is 10.8. The molecular weight excluding hydrogens is 364 g/mol. The second kappa shape index (κ2) is 7.98. The number of benzene rings is 3. The highest BCUT2D eigenvalue weighted by molar-refractivity contribution is 6.03. The van der Waals surface area contributed by atoms with Crippen molar-refractivity contribution in [1.29, 1.82) is 0 Å². The van der Waals surface area contributed by atoms with Crippen molar-refractivity contribution in [3.8, 4) is 5.69 Å². The maximum Gasteiger partial charge on any atom is 0.250 e. The Kier molecular flexibility index (Phi) is 5.07. The van der Waals surface area contributed by atoms with Crippen LogP contribution in [0.1, 0.15) is 22.6 Å². The number of aromatic nitrogens is 2. The average molecular weight is 384 g/mol. The van der Waals surface area contributed by atoms with E-state index in [9.17, 15) is 9.59 Å². The van der Waals surface area contributed by atoms with Gasteiger partial charge in [-0.05, 0) is 36.4 Å². The van der Waals surface area contributed by atoms with E-state index < -0.39 is 5.91 Å². The number of aryl methyl sites for hydroxylation is 1. The molecule has 0 aliphatic rings. The lowest BCUT2D eigenvalue weighted by molar-refractivity contribution is -0.116. The molecule has 6 heteroatoms. The van der Waals surface area contributed by atoms with Gasteiger partial charge in [0.25, 0.3) is 5.91 Å². The first-order valence-corrected chi connectivity index (χ1v) is 9.34. The zero-order valence-electron chi connectivity index (χ0n) is 15.7. The van der Waals surface area contributed by atoms with Crippen LogP contribution in [-0.2, 0) is 11.2 Å². The molecule has 0 aliphatic heterocycles. The van der Waals surface area contributed by atoms with E-state index in [0.29, 0.717) is 12.1 Å². The molecule has 4 rings (SSSR count). The summed E-state index contributed by atoms with van der Waals surface area (Å²) in [5.74, 6) is 0.0212. The Hall–Kier alpha value is -3.93. The third-order valence-corrected chi connectivity index (χ3v) is 4.69. The molecular formula is C23H20N4O2. The Morgan fingerprint density at radius 3 is 2.38 bits per heavy atom. The van der Waals surface area contributed by atoms with Crippen LogP contribution in [0.2, 0.25) is 0 Å². The molecule has 3 aromatic carbocycles. The Bertz CT molecular complexity index is 1180. The molecule has 0 unspecified atom stereocenters. The van der Waals surface area contributed by atoms with Gasteiger partial charge in [-0.1, -0.05) is 42.5 Å². The summed E-state index contributed by atoms with van der Waals surface area (Å²) in [6.07, 6.45) is 0.678. The first kappa shape index (κ1) is 18.4. The minimum atomic E-state index is -0.577. The molecule has 6 nitrogen and oxygen atoms in total. The number of fused-ring (bicyclic) bond motifs is 1. The second-order valence-corrected chi connectivity index (χ2v) is 6.65. The molecule has 0 atom stereocenters. The van der Waals surface area contributed by atoms with Gasteiger partial charge in [0, 0.05) is 18.5 Å². The number of rotatable bonds is 6. The number of imidazole rings is 1. The molecule has 1 heterocycles. The third-order valence-electron chi connectivity index (χ3n) is 4.69. The van der Waals surface area contributed by atoms with Crippen LogP contribution in [0.3, 0.4) is 0 Å². The lowest BCUT2D eigenvalue weighted by Crippen LogP contribution is -2.18. The molecule has 29 heavy (non-hydrogen) atoms. The van der Waals surface area contributed by atoms with Crippen molar-refractivity contribution in [1.82, 2.24) is 9.55 Å². The van der Waals surface area contributed by atoms with Crippen molar-refractivity contribution in [2.45, 2.75) is 12.8 Å². The van der Waals surface area contributed by atoms with E-state index in [1.807, 2.05) is 54.6 Å². The van der Waals surface area contributed by atoms with Crippen molar-refractivity contribution in [2.75, 3.05) is 5.32 Å². The first-order valence-electron chi connectivity index (χ1n) is 9.34. The number of hydrogen-bond acceptors (Lipinski definition) is 3. The summed E-state index contributed by atoms with van der Waals surface area (Å²) in [6.45, 7) is 0. The fourth-order valence-corrected chi connectivity index (χ4v) is 3.35. The van der Waals surface area contributed by atoms with Gasteiger partial charge in [0.15, 0.2) is 0 Å². The lowest BCUT2D eigenvalue weighted by atomic mass is 10.1. The van der Waals surface area contributed by atoms with E-state index in [-0.39, 0.29) is 17.9 Å². The molecule has 1 aromatic heterocycles. The minimum absolute atomic E-state index is 0.203. The van der Waals surface area contributed by atoms with Crippen LogP contribution in [0.4, 0.5) is 5.69 Å². The van der Waals surface area contributed by atoms with E-state index in [4.69, 9.17) is 10.7 Å². The second-order valence-electron chi connectivity index (χ2n) is 6.65. The van der Waals surface area contributed by atoms with Gasteiger partial charge in [-0.25, -0.2) is 4.98 Å². The SMILES string of the molecule is NC(=O)c1ccccc1NC(=O)CCc1nc2ccccc2n1-c1ccccc1. The van der Waals surface area contributed by atoms with E-state index in [0.717, 1.165) is 22.5 Å².